The summed E-state index contributed by atoms with van der Waals surface area (Å²) in [5.74, 6) is -1.20. The van der Waals surface area contributed by atoms with Crippen LogP contribution >= 0.6 is 15.9 Å². The van der Waals surface area contributed by atoms with Gasteiger partial charge in [-0.3, -0.25) is 0 Å². The lowest BCUT2D eigenvalue weighted by Gasteiger charge is -2.11. The van der Waals surface area contributed by atoms with Gasteiger partial charge in [-0.05, 0) is 30.7 Å². The lowest BCUT2D eigenvalue weighted by Crippen LogP contribution is -2.04. The molecule has 2 aromatic rings. The van der Waals surface area contributed by atoms with Crippen LogP contribution in [-0.4, -0.2) is 4.98 Å². The van der Waals surface area contributed by atoms with E-state index in [1.165, 1.54) is 6.20 Å². The van der Waals surface area contributed by atoms with E-state index in [0.717, 1.165) is 17.7 Å². The Kier molecular flexibility index (Phi) is 3.47. The summed E-state index contributed by atoms with van der Waals surface area (Å²) in [4.78, 5) is 3.96. The number of nitrogen functional groups attached to an aromatic ring is 1. The molecule has 0 bridgehead atoms. The molecule has 0 spiro atoms. The van der Waals surface area contributed by atoms with Gasteiger partial charge >= 0.3 is 0 Å². The molecule has 0 aliphatic heterocycles. The molecule has 1 aromatic heterocycles. The van der Waals surface area contributed by atoms with Gasteiger partial charge in [0.25, 0.3) is 0 Å². The quantitative estimate of drug-likeness (QED) is 0.887. The first-order valence-corrected chi connectivity index (χ1v) is 5.91. The summed E-state index contributed by atoms with van der Waals surface area (Å²) in [6.45, 7) is 1.79. The summed E-state index contributed by atoms with van der Waals surface area (Å²) < 4.78 is 27.6. The van der Waals surface area contributed by atoms with Crippen molar-refractivity contribution in [2.45, 2.75) is 6.92 Å². The molecule has 0 saturated heterocycles. The maximum atomic E-state index is 13.6. The fourth-order valence-corrected chi connectivity index (χ4v) is 1.85. The minimum absolute atomic E-state index is 0.232. The lowest BCUT2D eigenvalue weighted by atomic mass is 10.2. The zero-order valence-electron chi connectivity index (χ0n) is 9.47. The number of rotatable bonds is 2. The van der Waals surface area contributed by atoms with Crippen LogP contribution in [0.2, 0.25) is 0 Å². The number of anilines is 3. The highest BCUT2D eigenvalue weighted by atomic mass is 79.9. The van der Waals surface area contributed by atoms with E-state index < -0.39 is 11.6 Å². The number of benzene rings is 1. The molecule has 18 heavy (non-hydrogen) atoms. The van der Waals surface area contributed by atoms with Crippen molar-refractivity contribution in [2.24, 2.45) is 0 Å². The second kappa shape index (κ2) is 4.89. The Morgan fingerprint density at radius 1 is 1.28 bits per heavy atom. The molecular weight excluding hydrogens is 304 g/mol. The van der Waals surface area contributed by atoms with Crippen molar-refractivity contribution in [3.05, 3.63) is 46.1 Å². The maximum Gasteiger partial charge on any atom is 0.154 e. The molecule has 6 heteroatoms. The number of hydrogen-bond donors (Lipinski definition) is 2. The zero-order valence-corrected chi connectivity index (χ0v) is 11.1. The number of hydrogen-bond acceptors (Lipinski definition) is 3. The van der Waals surface area contributed by atoms with Gasteiger partial charge in [-0.15, -0.1) is 0 Å². The SMILES string of the molecule is Cc1ccnc(Nc2c(F)cc(Br)cc2F)c1N. The summed E-state index contributed by atoms with van der Waals surface area (Å²) in [7, 11) is 0. The first-order chi connectivity index (χ1) is 8.49. The highest BCUT2D eigenvalue weighted by Crippen LogP contribution is 2.29. The van der Waals surface area contributed by atoms with Crippen molar-refractivity contribution in [2.75, 3.05) is 11.1 Å². The highest BCUT2D eigenvalue weighted by molar-refractivity contribution is 9.10. The van der Waals surface area contributed by atoms with E-state index in [1.54, 1.807) is 13.0 Å². The van der Waals surface area contributed by atoms with Gasteiger partial charge < -0.3 is 11.1 Å². The molecule has 0 amide bonds. The van der Waals surface area contributed by atoms with E-state index in [0.29, 0.717) is 10.2 Å². The van der Waals surface area contributed by atoms with Crippen LogP contribution in [0.25, 0.3) is 0 Å². The smallest absolute Gasteiger partial charge is 0.154 e. The summed E-state index contributed by atoms with van der Waals surface area (Å²) in [5, 5.41) is 2.57. The Morgan fingerprint density at radius 3 is 2.50 bits per heavy atom. The predicted molar refractivity (Wildman–Crippen MR) is 70.7 cm³/mol. The van der Waals surface area contributed by atoms with E-state index in [9.17, 15) is 8.78 Å². The van der Waals surface area contributed by atoms with E-state index >= 15 is 0 Å². The molecule has 2 rings (SSSR count). The summed E-state index contributed by atoms with van der Waals surface area (Å²) in [6, 6.07) is 4.05. The first-order valence-electron chi connectivity index (χ1n) is 5.11. The van der Waals surface area contributed by atoms with Crippen LogP contribution in [0.1, 0.15) is 5.56 Å². The van der Waals surface area contributed by atoms with Crippen molar-refractivity contribution in [1.29, 1.82) is 0 Å². The predicted octanol–water partition coefficient (Wildman–Crippen LogP) is 3.76. The van der Waals surface area contributed by atoms with Crippen molar-refractivity contribution < 1.29 is 8.78 Å². The molecule has 0 aliphatic rings. The molecule has 0 fully saturated rings. The van der Waals surface area contributed by atoms with Crippen molar-refractivity contribution in [1.82, 2.24) is 4.98 Å². The van der Waals surface area contributed by atoms with Crippen molar-refractivity contribution in [3.63, 3.8) is 0 Å². The second-order valence-corrected chi connectivity index (χ2v) is 4.68. The third-order valence-electron chi connectivity index (χ3n) is 2.46. The molecule has 0 saturated carbocycles. The van der Waals surface area contributed by atoms with Gasteiger partial charge in [0.15, 0.2) is 17.5 Å². The van der Waals surface area contributed by atoms with E-state index in [-0.39, 0.29) is 11.5 Å². The topological polar surface area (TPSA) is 50.9 Å². The fourth-order valence-electron chi connectivity index (χ4n) is 1.45. The highest BCUT2D eigenvalue weighted by Gasteiger charge is 2.13. The Labute approximate surface area is 111 Å². The first kappa shape index (κ1) is 12.8. The average Bonchev–Trinajstić information content (AvgIpc) is 2.28. The van der Waals surface area contributed by atoms with Gasteiger partial charge in [-0.25, -0.2) is 13.8 Å². The molecular formula is C12H10BrF2N3. The van der Waals surface area contributed by atoms with Gasteiger partial charge in [0, 0.05) is 10.7 Å². The molecule has 94 valence electrons. The number of nitrogens with zero attached hydrogens (tertiary/aromatic N) is 1. The van der Waals surface area contributed by atoms with Crippen LogP contribution < -0.4 is 11.1 Å². The minimum atomic E-state index is -0.718. The number of pyridine rings is 1. The second-order valence-electron chi connectivity index (χ2n) is 3.76. The Hall–Kier alpha value is -1.69. The van der Waals surface area contributed by atoms with Crippen LogP contribution in [-0.2, 0) is 0 Å². The van der Waals surface area contributed by atoms with E-state index in [2.05, 4.69) is 26.2 Å². The van der Waals surface area contributed by atoms with Crippen LogP contribution in [0.5, 0.6) is 0 Å². The number of nitrogens with one attached hydrogen (secondary N) is 1. The fraction of sp³-hybridized carbons (Fsp3) is 0.0833. The Morgan fingerprint density at radius 2 is 1.89 bits per heavy atom. The van der Waals surface area contributed by atoms with Gasteiger partial charge in [0.2, 0.25) is 0 Å². The molecule has 1 aromatic carbocycles. The molecule has 0 aliphatic carbocycles. The number of nitrogens with two attached hydrogens (primary N) is 1. The van der Waals surface area contributed by atoms with Crippen LogP contribution in [0.4, 0.5) is 26.0 Å². The summed E-state index contributed by atoms with van der Waals surface area (Å²) in [5.41, 5.74) is 6.65. The third kappa shape index (κ3) is 2.43. The van der Waals surface area contributed by atoms with E-state index in [1.807, 2.05) is 0 Å². The molecule has 3 N–H and O–H groups in total. The molecule has 3 nitrogen and oxygen atoms in total. The lowest BCUT2D eigenvalue weighted by molar-refractivity contribution is 0.589. The standard InChI is InChI=1S/C12H10BrF2N3/c1-6-2-3-17-12(10(6)16)18-11-8(14)4-7(13)5-9(11)15/h2-5H,16H2,1H3,(H,17,18). The zero-order chi connectivity index (χ0) is 13.3. The van der Waals surface area contributed by atoms with Crippen LogP contribution in [0, 0.1) is 18.6 Å². The largest absolute Gasteiger partial charge is 0.396 e. The number of halogens is 3. The monoisotopic (exact) mass is 313 g/mol. The van der Waals surface area contributed by atoms with E-state index in [4.69, 9.17) is 5.73 Å². The van der Waals surface area contributed by atoms with Gasteiger partial charge in [0.05, 0.1) is 5.69 Å². The van der Waals surface area contributed by atoms with Crippen molar-refractivity contribution in [3.8, 4) is 0 Å². The molecule has 0 radical (unpaired) electrons. The normalized spacial score (nSPS) is 10.4. The van der Waals surface area contributed by atoms with Crippen LogP contribution in [0.3, 0.4) is 0 Å². The van der Waals surface area contributed by atoms with Gasteiger partial charge in [-0.1, -0.05) is 15.9 Å². The molecule has 1 heterocycles. The average molecular weight is 314 g/mol. The molecule has 0 atom stereocenters. The van der Waals surface area contributed by atoms with Gasteiger partial charge in [0.1, 0.15) is 5.69 Å². The molecule has 0 unspecified atom stereocenters. The Bertz CT molecular complexity index is 579. The number of aryl methyl sites for hydroxylation is 1. The third-order valence-corrected chi connectivity index (χ3v) is 2.92. The maximum absolute atomic E-state index is 13.6. The minimum Gasteiger partial charge on any atom is -0.396 e. The summed E-state index contributed by atoms with van der Waals surface area (Å²) >= 11 is 3.01. The summed E-state index contributed by atoms with van der Waals surface area (Å²) in [6.07, 6.45) is 1.52. The Balaban J connectivity index is 2.43. The van der Waals surface area contributed by atoms with Crippen LogP contribution in [0.15, 0.2) is 28.9 Å². The van der Waals surface area contributed by atoms with Crippen molar-refractivity contribution >= 4 is 33.1 Å². The van der Waals surface area contributed by atoms with Gasteiger partial charge in [-0.2, -0.15) is 0 Å². The number of aromatic nitrogens is 1.